The van der Waals surface area contributed by atoms with Crippen LogP contribution in [0.3, 0.4) is 0 Å². The third kappa shape index (κ3) is 2.10. The van der Waals surface area contributed by atoms with Gasteiger partial charge >= 0.3 is 0 Å². The summed E-state index contributed by atoms with van der Waals surface area (Å²) in [6, 6.07) is 0. The highest BCUT2D eigenvalue weighted by molar-refractivity contribution is 7.23. The molecule has 0 amide bonds. The Morgan fingerprint density at radius 1 is 2.00 bits per heavy atom. The molecule has 0 heterocycles. The summed E-state index contributed by atoms with van der Waals surface area (Å²) in [5.41, 5.74) is 0. The summed E-state index contributed by atoms with van der Waals surface area (Å²) in [6.45, 7) is 1.86. The Bertz CT molecular complexity index is 20.0. The molecule has 0 spiro atoms. The second kappa shape index (κ2) is 3.10. The molecule has 2 heteroatoms. The van der Waals surface area contributed by atoms with Crippen molar-refractivity contribution in [2.45, 2.75) is 6.92 Å². The van der Waals surface area contributed by atoms with Gasteiger partial charge in [-0.2, -0.15) is 0 Å². The Morgan fingerprint density at radius 2 is 2.25 bits per heavy atom. The predicted octanol–water partition coefficient (Wildman–Crippen LogP) is 1.30. The first kappa shape index (κ1) is 4.10. The van der Waals surface area contributed by atoms with Crippen molar-refractivity contribution >= 4 is 8.46 Å². The van der Waals surface area contributed by atoms with E-state index in [9.17, 15) is 4.57 Å². The lowest BCUT2D eigenvalue weighted by Crippen LogP contribution is -1.39. The van der Waals surface area contributed by atoms with Crippen LogP contribution in [0.25, 0.3) is 0 Å². The lowest BCUT2D eigenvalue weighted by molar-refractivity contribution is 0.599. The van der Waals surface area contributed by atoms with Gasteiger partial charge in [0.15, 0.2) is 8.46 Å². The smallest absolute Gasteiger partial charge is 0.154 e. The highest BCUT2D eigenvalue weighted by Gasteiger charge is 1.55. The van der Waals surface area contributed by atoms with Crippen LogP contribution >= 0.6 is 8.46 Å². The lowest BCUT2D eigenvalue weighted by atomic mass is 11.0. The van der Waals surface area contributed by atoms with Gasteiger partial charge in [0.2, 0.25) is 0 Å². The van der Waals surface area contributed by atoms with Crippen LogP contribution in [0.5, 0.6) is 0 Å². The molecule has 0 aliphatic heterocycles. The van der Waals surface area contributed by atoms with Crippen molar-refractivity contribution in [2.24, 2.45) is 0 Å². The summed E-state index contributed by atoms with van der Waals surface area (Å²) in [4.78, 5) is 0. The first-order chi connectivity index (χ1) is 1.91. The van der Waals surface area contributed by atoms with Crippen molar-refractivity contribution in [2.75, 3.05) is 6.16 Å². The summed E-state index contributed by atoms with van der Waals surface area (Å²) in [7, 11) is 0.248. The maximum Gasteiger partial charge on any atom is 0.154 e. The van der Waals surface area contributed by atoms with Crippen molar-refractivity contribution in [3.05, 3.63) is 0 Å². The summed E-state index contributed by atoms with van der Waals surface area (Å²) < 4.78 is 9.27. The molecule has 0 aromatic rings. The van der Waals surface area contributed by atoms with Gasteiger partial charge in [-0.1, -0.05) is 6.92 Å². The lowest BCUT2D eigenvalue weighted by Gasteiger charge is -1.49. The molecule has 0 radical (unpaired) electrons. The maximum absolute atomic E-state index is 9.27. The third-order valence-corrected chi connectivity index (χ3v) is 0.387. The number of rotatable bonds is 1. The van der Waals surface area contributed by atoms with E-state index in [1.165, 1.54) is 0 Å². The largest absolute Gasteiger partial charge is 0.275 e. The molecule has 4 heavy (non-hydrogen) atoms. The fourth-order valence-electron chi connectivity index (χ4n) is 0. The van der Waals surface area contributed by atoms with Gasteiger partial charge in [0.1, 0.15) is 0 Å². The van der Waals surface area contributed by atoms with Crippen LogP contribution in [0.15, 0.2) is 0 Å². The van der Waals surface area contributed by atoms with E-state index in [1.807, 2.05) is 6.92 Å². The van der Waals surface area contributed by atoms with Crippen molar-refractivity contribution < 1.29 is 4.57 Å². The Morgan fingerprint density at radius 3 is 2.25 bits per heavy atom. The zero-order chi connectivity index (χ0) is 3.41. The molecule has 0 aromatic carbocycles. The molecule has 0 aliphatic carbocycles. The number of hydrogen-bond donors (Lipinski definition) is 0. The summed E-state index contributed by atoms with van der Waals surface area (Å²) >= 11 is 0. The molecule has 0 bridgehead atoms. The minimum Gasteiger partial charge on any atom is -0.275 e. The van der Waals surface area contributed by atoms with Crippen LogP contribution < -0.4 is 0 Å². The Balaban J connectivity index is 2.30. The average molecular weight is 76.0 g/mol. The fourth-order valence-corrected chi connectivity index (χ4v) is 0. The third-order valence-electron chi connectivity index (χ3n) is 0.129. The molecule has 0 saturated carbocycles. The van der Waals surface area contributed by atoms with Gasteiger partial charge in [0.05, 0.1) is 0 Å². The van der Waals surface area contributed by atoms with E-state index in [0.717, 1.165) is 6.16 Å². The van der Waals surface area contributed by atoms with Gasteiger partial charge in [0.25, 0.3) is 0 Å². The molecule has 0 N–H and O–H groups in total. The second-order valence-corrected chi connectivity index (χ2v) is 1.34. The summed E-state index contributed by atoms with van der Waals surface area (Å²) in [5.74, 6) is 0. The van der Waals surface area contributed by atoms with Crippen LogP contribution in [-0.4, -0.2) is 6.16 Å². The van der Waals surface area contributed by atoms with Gasteiger partial charge in [-0.15, -0.1) is 0 Å². The Kier molecular flexibility index (Phi) is 3.18. The van der Waals surface area contributed by atoms with Gasteiger partial charge in [0, 0.05) is 6.16 Å². The molecular formula is C2H5OP. The fraction of sp³-hybridized carbons (Fsp3) is 1.00. The minimum absolute atomic E-state index is 0.248. The SMILES string of the molecule is CCP=O. The Labute approximate surface area is 27.2 Å². The molecule has 0 aromatic heterocycles. The van der Waals surface area contributed by atoms with E-state index in [1.54, 1.807) is 0 Å². The van der Waals surface area contributed by atoms with Gasteiger partial charge in [-0.05, 0) is 0 Å². The van der Waals surface area contributed by atoms with Crippen LogP contribution in [0, 0.1) is 0 Å². The van der Waals surface area contributed by atoms with Gasteiger partial charge < -0.3 is 0 Å². The molecule has 1 nitrogen and oxygen atoms in total. The summed E-state index contributed by atoms with van der Waals surface area (Å²) in [5, 5.41) is 0. The van der Waals surface area contributed by atoms with Gasteiger partial charge in [-0.3, -0.25) is 4.57 Å². The van der Waals surface area contributed by atoms with Crippen LogP contribution in [-0.2, 0) is 4.57 Å². The van der Waals surface area contributed by atoms with E-state index in [0.29, 0.717) is 0 Å². The molecule has 0 atom stereocenters. The molecule has 0 aliphatic rings. The van der Waals surface area contributed by atoms with Crippen LogP contribution in [0.4, 0.5) is 0 Å². The molecule has 0 saturated heterocycles. The molecular weight excluding hydrogens is 71.0 g/mol. The standard InChI is InChI=1S/C2H5OP/c1-2-4-3/h2H2,1H3. The predicted molar refractivity (Wildman–Crippen MR) is 18.1 cm³/mol. The first-order valence-corrected chi connectivity index (χ1v) is 2.20. The monoisotopic (exact) mass is 76.0 g/mol. The van der Waals surface area contributed by atoms with Crippen molar-refractivity contribution in [1.29, 1.82) is 0 Å². The zero-order valence-electron chi connectivity index (χ0n) is 2.56. The van der Waals surface area contributed by atoms with Crippen LogP contribution in [0.2, 0.25) is 0 Å². The molecule has 0 unspecified atom stereocenters. The maximum atomic E-state index is 9.27. The zero-order valence-corrected chi connectivity index (χ0v) is 3.46. The van der Waals surface area contributed by atoms with E-state index >= 15 is 0 Å². The number of hydrogen-bond acceptors (Lipinski definition) is 1. The summed E-state index contributed by atoms with van der Waals surface area (Å²) in [6.07, 6.45) is 0.736. The molecule has 0 rings (SSSR count). The minimum atomic E-state index is 0.248. The highest BCUT2D eigenvalue weighted by atomic mass is 31.1. The molecule has 0 fully saturated rings. The highest BCUT2D eigenvalue weighted by Crippen LogP contribution is 1.82. The van der Waals surface area contributed by atoms with Crippen LogP contribution in [0.1, 0.15) is 6.92 Å². The van der Waals surface area contributed by atoms with Crippen molar-refractivity contribution in [1.82, 2.24) is 0 Å². The first-order valence-electron chi connectivity index (χ1n) is 1.21. The van der Waals surface area contributed by atoms with E-state index in [2.05, 4.69) is 0 Å². The molecule has 24 valence electrons. The van der Waals surface area contributed by atoms with Crippen molar-refractivity contribution in [3.63, 3.8) is 0 Å². The average Bonchev–Trinajstić information content (AvgIpc) is 1.37. The van der Waals surface area contributed by atoms with Crippen molar-refractivity contribution in [3.8, 4) is 0 Å². The normalized spacial score (nSPS) is 8.25. The topological polar surface area (TPSA) is 17.1 Å². The quantitative estimate of drug-likeness (QED) is 0.430. The van der Waals surface area contributed by atoms with E-state index in [4.69, 9.17) is 0 Å². The van der Waals surface area contributed by atoms with E-state index in [-0.39, 0.29) is 8.46 Å². The van der Waals surface area contributed by atoms with E-state index < -0.39 is 0 Å². The Hall–Kier alpha value is 0.100. The van der Waals surface area contributed by atoms with Gasteiger partial charge in [-0.25, -0.2) is 0 Å². The second-order valence-electron chi connectivity index (χ2n) is 0.445.